The number of aryl methyl sites for hydroxylation is 1. The average molecular weight is 246 g/mol. The lowest BCUT2D eigenvalue weighted by Gasteiger charge is -2.36. The summed E-state index contributed by atoms with van der Waals surface area (Å²) in [6.07, 6.45) is 8.71. The summed E-state index contributed by atoms with van der Waals surface area (Å²) in [5, 5.41) is 0. The van der Waals surface area contributed by atoms with Crippen LogP contribution in [-0.2, 0) is 6.42 Å². The maximum atomic E-state index is 6.22. The van der Waals surface area contributed by atoms with E-state index in [0.29, 0.717) is 17.9 Å². The lowest BCUT2D eigenvalue weighted by Crippen LogP contribution is -2.49. The number of nitrogens with two attached hydrogens (primary N) is 1. The van der Waals surface area contributed by atoms with E-state index in [4.69, 9.17) is 5.73 Å². The largest absolute Gasteiger partial charge is 0.340 e. The first-order valence-corrected chi connectivity index (χ1v) is 7.09. The fraction of sp³-hybridized carbons (Fsp3) is 0.714. The van der Waals surface area contributed by atoms with E-state index < -0.39 is 0 Å². The first kappa shape index (κ1) is 11.9. The molecule has 18 heavy (non-hydrogen) atoms. The molecular formula is C14H22N4. The van der Waals surface area contributed by atoms with Gasteiger partial charge in [0.2, 0.25) is 5.95 Å². The Balaban J connectivity index is 1.72. The van der Waals surface area contributed by atoms with Crippen LogP contribution < -0.4 is 10.6 Å². The molecule has 2 aliphatic rings. The van der Waals surface area contributed by atoms with Crippen LogP contribution in [0.25, 0.3) is 0 Å². The van der Waals surface area contributed by atoms with Crippen LogP contribution >= 0.6 is 0 Å². The summed E-state index contributed by atoms with van der Waals surface area (Å²) in [7, 11) is 0. The van der Waals surface area contributed by atoms with Gasteiger partial charge in [0.15, 0.2) is 0 Å². The van der Waals surface area contributed by atoms with Crippen molar-refractivity contribution < 1.29 is 0 Å². The molecule has 3 atom stereocenters. The van der Waals surface area contributed by atoms with Crippen molar-refractivity contribution in [3.05, 3.63) is 18.0 Å². The number of fused-ring (bicyclic) bond motifs is 2. The molecule has 1 aromatic rings. The summed E-state index contributed by atoms with van der Waals surface area (Å²) >= 11 is 0. The third-order valence-electron chi connectivity index (χ3n) is 4.42. The van der Waals surface area contributed by atoms with Crippen LogP contribution in [-0.4, -0.2) is 29.1 Å². The average Bonchev–Trinajstić information content (AvgIpc) is 2.63. The van der Waals surface area contributed by atoms with Crippen LogP contribution in [0.1, 0.15) is 31.7 Å². The molecule has 0 spiro atoms. The summed E-state index contributed by atoms with van der Waals surface area (Å²) in [6.45, 7) is 4.24. The lowest BCUT2D eigenvalue weighted by atomic mass is 9.93. The first-order chi connectivity index (χ1) is 8.78. The van der Waals surface area contributed by atoms with E-state index in [1.54, 1.807) is 0 Å². The Morgan fingerprint density at radius 1 is 1.22 bits per heavy atom. The number of piperidine rings is 1. The molecule has 4 heteroatoms. The van der Waals surface area contributed by atoms with Crippen LogP contribution in [0.4, 0.5) is 5.95 Å². The molecule has 4 nitrogen and oxygen atoms in total. The Kier molecular flexibility index (Phi) is 3.20. The predicted octanol–water partition coefficient (Wildman–Crippen LogP) is 1.60. The zero-order valence-electron chi connectivity index (χ0n) is 11.0. The maximum absolute atomic E-state index is 6.22. The maximum Gasteiger partial charge on any atom is 0.225 e. The second kappa shape index (κ2) is 4.84. The Hall–Kier alpha value is -1.16. The molecule has 0 aromatic carbocycles. The van der Waals surface area contributed by atoms with Crippen LogP contribution in [0, 0.1) is 11.8 Å². The van der Waals surface area contributed by atoms with Gasteiger partial charge in [-0.05, 0) is 36.7 Å². The fourth-order valence-electron chi connectivity index (χ4n) is 3.36. The molecule has 2 heterocycles. The Bertz CT molecular complexity index is 389. The normalized spacial score (nSPS) is 30.8. The summed E-state index contributed by atoms with van der Waals surface area (Å²) in [6, 6.07) is 0.403. The Labute approximate surface area is 109 Å². The number of hydrogen-bond donors (Lipinski definition) is 1. The molecule has 1 saturated carbocycles. The molecule has 1 saturated heterocycles. The quantitative estimate of drug-likeness (QED) is 0.880. The van der Waals surface area contributed by atoms with Gasteiger partial charge in [-0.1, -0.05) is 13.3 Å². The highest BCUT2D eigenvalue weighted by atomic mass is 15.3. The highest BCUT2D eigenvalue weighted by Crippen LogP contribution is 2.36. The lowest BCUT2D eigenvalue weighted by molar-refractivity contribution is 0.353. The molecule has 1 aliphatic carbocycles. The van der Waals surface area contributed by atoms with Crippen molar-refractivity contribution in [3.63, 3.8) is 0 Å². The van der Waals surface area contributed by atoms with E-state index in [9.17, 15) is 0 Å². The van der Waals surface area contributed by atoms with E-state index in [-0.39, 0.29) is 0 Å². The van der Waals surface area contributed by atoms with Crippen molar-refractivity contribution in [2.45, 2.75) is 38.6 Å². The van der Waals surface area contributed by atoms with Crippen LogP contribution in [0.15, 0.2) is 12.4 Å². The van der Waals surface area contributed by atoms with Gasteiger partial charge in [0.25, 0.3) is 0 Å². The minimum atomic E-state index is 0.403. The smallest absolute Gasteiger partial charge is 0.225 e. The minimum absolute atomic E-state index is 0.403. The highest BCUT2D eigenvalue weighted by Gasteiger charge is 2.40. The molecule has 3 rings (SSSR count). The second-order valence-corrected chi connectivity index (χ2v) is 5.72. The van der Waals surface area contributed by atoms with Gasteiger partial charge in [0, 0.05) is 31.5 Å². The number of rotatable bonds is 3. The molecule has 1 aliphatic heterocycles. The van der Waals surface area contributed by atoms with Crippen molar-refractivity contribution >= 4 is 5.95 Å². The summed E-state index contributed by atoms with van der Waals surface area (Å²) in [5.74, 6) is 2.17. The fourth-order valence-corrected chi connectivity index (χ4v) is 3.36. The molecule has 98 valence electrons. The van der Waals surface area contributed by atoms with Crippen LogP contribution in [0.5, 0.6) is 0 Å². The van der Waals surface area contributed by atoms with Gasteiger partial charge in [-0.2, -0.15) is 0 Å². The Morgan fingerprint density at radius 2 is 1.83 bits per heavy atom. The van der Waals surface area contributed by atoms with Crippen molar-refractivity contribution in [1.29, 1.82) is 0 Å². The van der Waals surface area contributed by atoms with Crippen molar-refractivity contribution in [1.82, 2.24) is 9.97 Å². The minimum Gasteiger partial charge on any atom is -0.340 e. The third kappa shape index (κ3) is 2.09. The molecule has 2 fully saturated rings. The standard InChI is InChI=1S/C14H22N4/c1-2-3-10-6-16-14(17-7-10)18-8-11-4-5-12(9-18)13(11)15/h6-7,11-13H,2-5,8-9,15H2,1H3/t11-,12+,13?. The van der Waals surface area contributed by atoms with E-state index in [0.717, 1.165) is 31.9 Å². The zero-order chi connectivity index (χ0) is 12.5. The number of anilines is 1. The molecule has 1 aromatic heterocycles. The predicted molar refractivity (Wildman–Crippen MR) is 72.4 cm³/mol. The topological polar surface area (TPSA) is 55.0 Å². The number of hydrogen-bond acceptors (Lipinski definition) is 4. The molecule has 2 bridgehead atoms. The van der Waals surface area contributed by atoms with Crippen molar-refractivity contribution in [2.24, 2.45) is 17.6 Å². The number of nitrogens with zero attached hydrogens (tertiary/aromatic N) is 3. The summed E-state index contributed by atoms with van der Waals surface area (Å²) < 4.78 is 0. The molecule has 0 radical (unpaired) electrons. The molecule has 1 unspecified atom stereocenters. The van der Waals surface area contributed by atoms with E-state index in [1.165, 1.54) is 18.4 Å². The molecular weight excluding hydrogens is 224 g/mol. The van der Waals surface area contributed by atoms with Gasteiger partial charge in [-0.15, -0.1) is 0 Å². The zero-order valence-corrected chi connectivity index (χ0v) is 11.0. The first-order valence-electron chi connectivity index (χ1n) is 7.09. The van der Waals surface area contributed by atoms with Gasteiger partial charge in [-0.3, -0.25) is 0 Å². The highest BCUT2D eigenvalue weighted by molar-refractivity contribution is 5.32. The molecule has 0 amide bonds. The van der Waals surface area contributed by atoms with Crippen LogP contribution in [0.3, 0.4) is 0 Å². The van der Waals surface area contributed by atoms with E-state index >= 15 is 0 Å². The second-order valence-electron chi connectivity index (χ2n) is 5.72. The summed E-state index contributed by atoms with van der Waals surface area (Å²) in [4.78, 5) is 11.4. The molecule has 2 N–H and O–H groups in total. The van der Waals surface area contributed by atoms with E-state index in [2.05, 4.69) is 21.8 Å². The monoisotopic (exact) mass is 246 g/mol. The van der Waals surface area contributed by atoms with Gasteiger partial charge in [0.05, 0.1) is 0 Å². The SMILES string of the molecule is CCCc1cnc(N2C[C@H]3CC[C@@H](C2)C3N)nc1. The van der Waals surface area contributed by atoms with Crippen molar-refractivity contribution in [3.8, 4) is 0 Å². The van der Waals surface area contributed by atoms with Gasteiger partial charge < -0.3 is 10.6 Å². The van der Waals surface area contributed by atoms with Gasteiger partial charge >= 0.3 is 0 Å². The van der Waals surface area contributed by atoms with Crippen molar-refractivity contribution in [2.75, 3.05) is 18.0 Å². The summed E-state index contributed by atoms with van der Waals surface area (Å²) in [5.41, 5.74) is 7.45. The van der Waals surface area contributed by atoms with E-state index in [1.807, 2.05) is 12.4 Å². The van der Waals surface area contributed by atoms with Crippen LogP contribution in [0.2, 0.25) is 0 Å². The van der Waals surface area contributed by atoms with Gasteiger partial charge in [0.1, 0.15) is 0 Å². The van der Waals surface area contributed by atoms with Gasteiger partial charge in [-0.25, -0.2) is 9.97 Å². The third-order valence-corrected chi connectivity index (χ3v) is 4.42. The number of aromatic nitrogens is 2. The Morgan fingerprint density at radius 3 is 2.39 bits per heavy atom.